The minimum absolute atomic E-state index is 0.139. The summed E-state index contributed by atoms with van der Waals surface area (Å²) in [5.41, 5.74) is 12.1. The molecule has 7 heteroatoms. The zero-order valence-corrected chi connectivity index (χ0v) is 23.3. The van der Waals surface area contributed by atoms with E-state index in [4.69, 9.17) is 10.7 Å². The van der Waals surface area contributed by atoms with Gasteiger partial charge in [0.1, 0.15) is 17.5 Å². The SMILES string of the molecule is C=C/C=C(/c1ccccc1F)c1nc(C(=C)c2c(N)ccc(-c3cncc(CNCc4ccccc4)c3)c2F)[nH]c1C. The first-order chi connectivity index (χ1) is 20.4. The molecule has 42 heavy (non-hydrogen) atoms. The Hall–Kier alpha value is -5.14. The highest BCUT2D eigenvalue weighted by molar-refractivity contribution is 5.87. The fourth-order valence-electron chi connectivity index (χ4n) is 4.88. The molecule has 5 nitrogen and oxygen atoms in total. The Morgan fingerprint density at radius 2 is 1.71 bits per heavy atom. The molecular formula is C35H31F2N5. The number of imidazole rings is 1. The van der Waals surface area contributed by atoms with E-state index >= 15 is 4.39 Å². The minimum atomic E-state index is -0.525. The first-order valence-electron chi connectivity index (χ1n) is 13.5. The fourth-order valence-corrected chi connectivity index (χ4v) is 4.88. The number of aromatic amines is 1. The number of pyridine rings is 1. The average Bonchev–Trinajstić information content (AvgIpc) is 3.38. The van der Waals surface area contributed by atoms with Gasteiger partial charge in [0.25, 0.3) is 0 Å². The van der Waals surface area contributed by atoms with Gasteiger partial charge in [0, 0.05) is 70.3 Å². The zero-order chi connectivity index (χ0) is 29.6. The van der Waals surface area contributed by atoms with E-state index in [1.165, 1.54) is 11.6 Å². The second-order valence-corrected chi connectivity index (χ2v) is 9.90. The number of H-pyrrole nitrogens is 1. The lowest BCUT2D eigenvalue weighted by Crippen LogP contribution is -2.12. The van der Waals surface area contributed by atoms with Crippen LogP contribution in [0, 0.1) is 18.6 Å². The Kier molecular flexibility index (Phi) is 8.50. The molecule has 5 rings (SSSR count). The molecule has 2 aromatic heterocycles. The van der Waals surface area contributed by atoms with Gasteiger partial charge in [0.05, 0.1) is 5.69 Å². The van der Waals surface area contributed by atoms with Crippen molar-refractivity contribution in [1.82, 2.24) is 20.3 Å². The number of nitrogens with one attached hydrogen (secondary N) is 2. The van der Waals surface area contributed by atoms with Crippen molar-refractivity contribution in [2.24, 2.45) is 0 Å². The van der Waals surface area contributed by atoms with Crippen LogP contribution in [-0.2, 0) is 13.1 Å². The quantitative estimate of drug-likeness (QED) is 0.122. The maximum absolute atomic E-state index is 16.2. The Morgan fingerprint density at radius 3 is 2.48 bits per heavy atom. The van der Waals surface area contributed by atoms with E-state index in [9.17, 15) is 4.39 Å². The van der Waals surface area contributed by atoms with Gasteiger partial charge in [-0.3, -0.25) is 4.98 Å². The predicted octanol–water partition coefficient (Wildman–Crippen LogP) is 7.61. The number of benzene rings is 3. The first-order valence-corrected chi connectivity index (χ1v) is 13.5. The molecule has 0 aliphatic rings. The molecule has 0 unspecified atom stereocenters. The molecule has 0 aliphatic heterocycles. The number of hydrogen-bond acceptors (Lipinski definition) is 4. The van der Waals surface area contributed by atoms with Gasteiger partial charge in [0.15, 0.2) is 0 Å². The van der Waals surface area contributed by atoms with Crippen molar-refractivity contribution in [1.29, 1.82) is 0 Å². The monoisotopic (exact) mass is 559 g/mol. The van der Waals surface area contributed by atoms with Crippen molar-refractivity contribution >= 4 is 16.8 Å². The summed E-state index contributed by atoms with van der Waals surface area (Å²) >= 11 is 0. The van der Waals surface area contributed by atoms with Crippen LogP contribution >= 0.6 is 0 Å². The summed E-state index contributed by atoms with van der Waals surface area (Å²) in [6.07, 6.45) is 6.65. The van der Waals surface area contributed by atoms with Gasteiger partial charge in [-0.05, 0) is 42.3 Å². The molecule has 0 spiro atoms. The number of nitrogens with two attached hydrogens (primary N) is 1. The molecule has 0 radical (unpaired) electrons. The number of aromatic nitrogens is 3. The summed E-state index contributed by atoms with van der Waals surface area (Å²) in [4.78, 5) is 12.2. The number of nitrogen functional groups attached to an aromatic ring is 1. The highest BCUT2D eigenvalue weighted by Gasteiger charge is 2.22. The van der Waals surface area contributed by atoms with Gasteiger partial charge >= 0.3 is 0 Å². The van der Waals surface area contributed by atoms with E-state index in [0.717, 1.165) is 5.56 Å². The van der Waals surface area contributed by atoms with Gasteiger partial charge in [-0.2, -0.15) is 0 Å². The van der Waals surface area contributed by atoms with Crippen molar-refractivity contribution < 1.29 is 8.78 Å². The van der Waals surface area contributed by atoms with Crippen LogP contribution in [0.1, 0.15) is 39.5 Å². The number of aryl methyl sites for hydroxylation is 1. The molecule has 4 N–H and O–H groups in total. The lowest BCUT2D eigenvalue weighted by atomic mass is 9.97. The van der Waals surface area contributed by atoms with E-state index in [0.29, 0.717) is 52.6 Å². The minimum Gasteiger partial charge on any atom is -0.398 e. The van der Waals surface area contributed by atoms with Crippen LogP contribution in [0.2, 0.25) is 0 Å². The molecular weight excluding hydrogens is 528 g/mol. The van der Waals surface area contributed by atoms with Crippen molar-refractivity contribution in [2.75, 3.05) is 5.73 Å². The highest BCUT2D eigenvalue weighted by atomic mass is 19.1. The Morgan fingerprint density at radius 1 is 0.976 bits per heavy atom. The van der Waals surface area contributed by atoms with Gasteiger partial charge in [-0.1, -0.05) is 73.8 Å². The second kappa shape index (κ2) is 12.6. The van der Waals surface area contributed by atoms with Crippen LogP contribution in [0.25, 0.3) is 22.3 Å². The molecule has 3 aromatic carbocycles. The van der Waals surface area contributed by atoms with Crippen LogP contribution in [-0.4, -0.2) is 15.0 Å². The van der Waals surface area contributed by atoms with E-state index in [-0.39, 0.29) is 22.6 Å². The lowest BCUT2D eigenvalue weighted by Gasteiger charge is -2.13. The van der Waals surface area contributed by atoms with Crippen molar-refractivity contribution in [3.8, 4) is 11.1 Å². The molecule has 0 atom stereocenters. The van der Waals surface area contributed by atoms with Gasteiger partial charge in [-0.15, -0.1) is 0 Å². The first kappa shape index (κ1) is 28.4. The molecule has 0 saturated heterocycles. The van der Waals surface area contributed by atoms with Crippen molar-refractivity contribution in [3.63, 3.8) is 0 Å². The normalized spacial score (nSPS) is 11.5. The number of allylic oxidation sites excluding steroid dienone is 2. The van der Waals surface area contributed by atoms with E-state index in [1.807, 2.05) is 31.2 Å². The molecule has 0 amide bonds. The molecule has 2 heterocycles. The largest absolute Gasteiger partial charge is 0.398 e. The predicted molar refractivity (Wildman–Crippen MR) is 166 cm³/mol. The lowest BCUT2D eigenvalue weighted by molar-refractivity contribution is 0.624. The summed E-state index contributed by atoms with van der Waals surface area (Å²) in [6, 6.07) is 21.7. The van der Waals surface area contributed by atoms with Crippen molar-refractivity contribution in [2.45, 2.75) is 20.0 Å². The molecule has 0 bridgehead atoms. The summed E-state index contributed by atoms with van der Waals surface area (Å²) in [6.45, 7) is 11.0. The van der Waals surface area contributed by atoms with Gasteiger partial charge in [0.2, 0.25) is 0 Å². The number of nitrogens with zero attached hydrogens (tertiary/aromatic N) is 2. The molecule has 210 valence electrons. The Labute approximate surface area is 244 Å². The van der Waals surface area contributed by atoms with E-state index in [2.05, 4.69) is 40.6 Å². The summed E-state index contributed by atoms with van der Waals surface area (Å²) in [7, 11) is 0. The maximum Gasteiger partial charge on any atom is 0.141 e. The van der Waals surface area contributed by atoms with Crippen LogP contribution in [0.4, 0.5) is 14.5 Å². The summed E-state index contributed by atoms with van der Waals surface area (Å²) in [5, 5.41) is 3.40. The topological polar surface area (TPSA) is 79.6 Å². The average molecular weight is 560 g/mol. The number of anilines is 1. The van der Waals surface area contributed by atoms with E-state index in [1.54, 1.807) is 54.9 Å². The molecule has 0 aliphatic carbocycles. The standard InChI is InChI=1S/C35H31F2N5/c1-4-10-29(28-13-8-9-14-30(28)36)34-23(3)41-35(42-34)22(2)32-31(38)16-15-27(33(32)37)26-17-25(20-40-21-26)19-39-18-24-11-6-5-7-12-24/h4-17,20-21,39H,1-2,18-19,38H2,3H3,(H,41,42)/b29-10-. The van der Waals surface area contributed by atoms with E-state index < -0.39 is 5.82 Å². The molecule has 0 fully saturated rings. The van der Waals surface area contributed by atoms with Gasteiger partial charge < -0.3 is 16.0 Å². The van der Waals surface area contributed by atoms with Crippen LogP contribution in [0.15, 0.2) is 111 Å². The highest BCUT2D eigenvalue weighted by Crippen LogP contribution is 2.36. The van der Waals surface area contributed by atoms with Crippen molar-refractivity contribution in [3.05, 3.63) is 162 Å². The van der Waals surface area contributed by atoms with Gasteiger partial charge in [-0.25, -0.2) is 13.8 Å². The fraction of sp³-hybridized carbons (Fsp3) is 0.0857. The molecule has 0 saturated carbocycles. The Bertz CT molecular complexity index is 1790. The summed E-state index contributed by atoms with van der Waals surface area (Å²) in [5.74, 6) is -0.584. The van der Waals surface area contributed by atoms with Crippen LogP contribution in [0.3, 0.4) is 0 Å². The zero-order valence-electron chi connectivity index (χ0n) is 23.3. The summed E-state index contributed by atoms with van der Waals surface area (Å²) < 4.78 is 30.9. The van der Waals surface area contributed by atoms with Crippen LogP contribution < -0.4 is 11.1 Å². The maximum atomic E-state index is 16.2. The number of rotatable bonds is 10. The third-order valence-electron chi connectivity index (χ3n) is 6.96. The third kappa shape index (κ3) is 5.96. The second-order valence-electron chi connectivity index (χ2n) is 9.90. The number of halogens is 2. The third-order valence-corrected chi connectivity index (χ3v) is 6.96. The molecule has 5 aromatic rings. The Balaban J connectivity index is 1.44. The smallest absolute Gasteiger partial charge is 0.141 e. The number of hydrogen-bond donors (Lipinski definition) is 3. The van der Waals surface area contributed by atoms with Crippen LogP contribution in [0.5, 0.6) is 0 Å².